The number of aryl methyl sites for hydroxylation is 1. The van der Waals surface area contributed by atoms with E-state index in [-0.39, 0.29) is 5.56 Å². The van der Waals surface area contributed by atoms with E-state index in [1.165, 1.54) is 4.68 Å². The van der Waals surface area contributed by atoms with Crippen molar-refractivity contribution in [3.05, 3.63) is 63.6 Å². The Morgan fingerprint density at radius 3 is 2.65 bits per heavy atom. The molecule has 0 spiro atoms. The van der Waals surface area contributed by atoms with Gasteiger partial charge in [0.15, 0.2) is 0 Å². The van der Waals surface area contributed by atoms with Crippen LogP contribution in [0.5, 0.6) is 0 Å². The van der Waals surface area contributed by atoms with Gasteiger partial charge in [0.25, 0.3) is 5.56 Å². The normalized spacial score (nSPS) is 10.5. The van der Waals surface area contributed by atoms with E-state index in [4.69, 9.17) is 5.73 Å². The molecule has 0 bridgehead atoms. The van der Waals surface area contributed by atoms with Gasteiger partial charge in [-0.1, -0.05) is 30.3 Å². The number of aromatic nitrogens is 2. The Kier molecular flexibility index (Phi) is 3.35. The smallest absolute Gasteiger partial charge is 0.267 e. The van der Waals surface area contributed by atoms with Crippen molar-refractivity contribution in [1.82, 2.24) is 9.78 Å². The molecule has 4 heteroatoms. The van der Waals surface area contributed by atoms with Crippen LogP contribution in [0.25, 0.3) is 0 Å². The predicted octanol–water partition coefficient (Wildman–Crippen LogP) is 1.06. The molecule has 0 aliphatic heterocycles. The van der Waals surface area contributed by atoms with Crippen LogP contribution >= 0.6 is 0 Å². The molecule has 2 aromatic rings. The van der Waals surface area contributed by atoms with Crippen LogP contribution in [0.4, 0.5) is 0 Å². The van der Waals surface area contributed by atoms with Gasteiger partial charge >= 0.3 is 0 Å². The van der Waals surface area contributed by atoms with E-state index in [0.717, 1.165) is 16.8 Å². The summed E-state index contributed by atoms with van der Waals surface area (Å²) in [5.74, 6) is 0. The molecule has 0 fully saturated rings. The quantitative estimate of drug-likeness (QED) is 0.856. The Morgan fingerprint density at radius 2 is 2.00 bits per heavy atom. The summed E-state index contributed by atoms with van der Waals surface area (Å²) in [5.41, 5.74) is 8.09. The first-order valence-corrected chi connectivity index (χ1v) is 5.52. The van der Waals surface area contributed by atoms with Crippen molar-refractivity contribution < 1.29 is 0 Å². The zero-order valence-corrected chi connectivity index (χ0v) is 9.76. The molecule has 2 N–H and O–H groups in total. The Balaban J connectivity index is 2.34. The van der Waals surface area contributed by atoms with E-state index < -0.39 is 0 Å². The van der Waals surface area contributed by atoms with Gasteiger partial charge in [0, 0.05) is 12.6 Å². The Morgan fingerprint density at radius 1 is 1.29 bits per heavy atom. The van der Waals surface area contributed by atoms with Crippen molar-refractivity contribution in [3.8, 4) is 0 Å². The summed E-state index contributed by atoms with van der Waals surface area (Å²) in [7, 11) is 0. The van der Waals surface area contributed by atoms with E-state index in [1.54, 1.807) is 6.07 Å². The number of hydrogen-bond donors (Lipinski definition) is 1. The largest absolute Gasteiger partial charge is 0.326 e. The van der Waals surface area contributed by atoms with Gasteiger partial charge < -0.3 is 5.73 Å². The molecular weight excluding hydrogens is 214 g/mol. The van der Waals surface area contributed by atoms with Crippen molar-refractivity contribution in [1.29, 1.82) is 0 Å². The second kappa shape index (κ2) is 4.93. The monoisotopic (exact) mass is 229 g/mol. The average molecular weight is 229 g/mol. The SMILES string of the molecule is Cc1nn(Cc2ccccc2)c(=O)cc1CN. The van der Waals surface area contributed by atoms with Crippen molar-refractivity contribution in [3.63, 3.8) is 0 Å². The fraction of sp³-hybridized carbons (Fsp3) is 0.231. The van der Waals surface area contributed by atoms with Crippen LogP contribution in [0.1, 0.15) is 16.8 Å². The average Bonchev–Trinajstić information content (AvgIpc) is 2.34. The molecular formula is C13H15N3O. The van der Waals surface area contributed by atoms with Crippen LogP contribution in [0.15, 0.2) is 41.2 Å². The molecule has 0 saturated carbocycles. The van der Waals surface area contributed by atoms with Crippen molar-refractivity contribution >= 4 is 0 Å². The zero-order chi connectivity index (χ0) is 12.3. The van der Waals surface area contributed by atoms with Crippen molar-refractivity contribution in [2.75, 3.05) is 0 Å². The van der Waals surface area contributed by atoms with Gasteiger partial charge in [0.05, 0.1) is 12.2 Å². The standard InChI is InChI=1S/C13H15N3O/c1-10-12(8-14)7-13(17)16(15-10)9-11-5-3-2-4-6-11/h2-7H,8-9,14H2,1H3. The summed E-state index contributed by atoms with van der Waals surface area (Å²) < 4.78 is 1.46. The predicted molar refractivity (Wildman–Crippen MR) is 66.7 cm³/mol. The highest BCUT2D eigenvalue weighted by Gasteiger charge is 2.04. The Hall–Kier alpha value is -1.94. The maximum atomic E-state index is 11.8. The molecule has 17 heavy (non-hydrogen) atoms. The summed E-state index contributed by atoms with van der Waals surface area (Å²) >= 11 is 0. The van der Waals surface area contributed by atoms with Crippen LogP contribution < -0.4 is 11.3 Å². The number of hydrogen-bond acceptors (Lipinski definition) is 3. The van der Waals surface area contributed by atoms with Gasteiger partial charge in [-0.25, -0.2) is 4.68 Å². The maximum absolute atomic E-state index is 11.8. The molecule has 88 valence electrons. The molecule has 0 aliphatic rings. The van der Waals surface area contributed by atoms with Crippen molar-refractivity contribution in [2.24, 2.45) is 5.73 Å². The lowest BCUT2D eigenvalue weighted by Gasteiger charge is -2.08. The number of nitrogens with two attached hydrogens (primary N) is 1. The minimum atomic E-state index is -0.111. The van der Waals surface area contributed by atoms with Gasteiger partial charge in [0.1, 0.15) is 0 Å². The molecule has 0 atom stereocenters. The first-order valence-electron chi connectivity index (χ1n) is 5.52. The summed E-state index contributed by atoms with van der Waals surface area (Å²) in [4.78, 5) is 11.8. The molecule has 1 aromatic heterocycles. The van der Waals surface area contributed by atoms with Crippen LogP contribution in [0.2, 0.25) is 0 Å². The van der Waals surface area contributed by atoms with Crippen LogP contribution in [0, 0.1) is 6.92 Å². The second-order valence-electron chi connectivity index (χ2n) is 3.94. The molecule has 2 rings (SSSR count). The molecule has 0 aliphatic carbocycles. The highest BCUT2D eigenvalue weighted by molar-refractivity contribution is 5.18. The fourth-order valence-electron chi connectivity index (χ4n) is 1.70. The Labute approximate surface area is 99.7 Å². The van der Waals surface area contributed by atoms with Crippen LogP contribution in [-0.2, 0) is 13.1 Å². The molecule has 0 amide bonds. The lowest BCUT2D eigenvalue weighted by Crippen LogP contribution is -2.25. The molecule has 4 nitrogen and oxygen atoms in total. The van der Waals surface area contributed by atoms with Gasteiger partial charge in [-0.05, 0) is 18.1 Å². The molecule has 1 aromatic carbocycles. The van der Waals surface area contributed by atoms with Gasteiger partial charge in [-0.3, -0.25) is 4.79 Å². The topological polar surface area (TPSA) is 60.9 Å². The highest BCUT2D eigenvalue weighted by Crippen LogP contribution is 2.02. The maximum Gasteiger partial charge on any atom is 0.267 e. The third kappa shape index (κ3) is 2.60. The summed E-state index contributed by atoms with van der Waals surface area (Å²) in [5, 5.41) is 4.26. The zero-order valence-electron chi connectivity index (χ0n) is 9.76. The van der Waals surface area contributed by atoms with E-state index in [2.05, 4.69) is 5.10 Å². The third-order valence-corrected chi connectivity index (χ3v) is 2.68. The summed E-state index contributed by atoms with van der Waals surface area (Å²) in [6, 6.07) is 11.3. The van der Waals surface area contributed by atoms with Crippen LogP contribution in [-0.4, -0.2) is 9.78 Å². The van der Waals surface area contributed by atoms with E-state index in [9.17, 15) is 4.79 Å². The van der Waals surface area contributed by atoms with Gasteiger partial charge in [-0.2, -0.15) is 5.10 Å². The number of rotatable bonds is 3. The minimum absolute atomic E-state index is 0.111. The number of nitrogens with zero attached hydrogens (tertiary/aromatic N) is 2. The van der Waals surface area contributed by atoms with Crippen LogP contribution in [0.3, 0.4) is 0 Å². The lowest BCUT2D eigenvalue weighted by atomic mass is 10.2. The second-order valence-corrected chi connectivity index (χ2v) is 3.94. The molecule has 1 heterocycles. The Bertz CT molecular complexity index is 561. The highest BCUT2D eigenvalue weighted by atomic mass is 16.1. The molecule has 0 unspecified atom stereocenters. The van der Waals surface area contributed by atoms with Gasteiger partial charge in [-0.15, -0.1) is 0 Å². The first kappa shape index (κ1) is 11.5. The first-order chi connectivity index (χ1) is 8.20. The van der Waals surface area contributed by atoms with E-state index in [0.29, 0.717) is 13.1 Å². The van der Waals surface area contributed by atoms with Gasteiger partial charge in [0.2, 0.25) is 0 Å². The van der Waals surface area contributed by atoms with Crippen molar-refractivity contribution in [2.45, 2.75) is 20.0 Å². The van der Waals surface area contributed by atoms with E-state index in [1.807, 2.05) is 37.3 Å². The summed E-state index contributed by atoms with van der Waals surface area (Å²) in [6.07, 6.45) is 0. The molecule has 0 saturated heterocycles. The lowest BCUT2D eigenvalue weighted by molar-refractivity contribution is 0.622. The van der Waals surface area contributed by atoms with E-state index >= 15 is 0 Å². The molecule has 0 radical (unpaired) electrons. The third-order valence-electron chi connectivity index (χ3n) is 2.68. The number of benzene rings is 1. The fourth-order valence-corrected chi connectivity index (χ4v) is 1.70. The summed E-state index contributed by atoms with van der Waals surface area (Å²) in [6.45, 7) is 2.70. The minimum Gasteiger partial charge on any atom is -0.326 e.